The van der Waals surface area contributed by atoms with E-state index in [-0.39, 0.29) is 0 Å². The number of hydrogen-bond acceptors (Lipinski definition) is 10. The molecule has 0 aromatic rings. The molecule has 11 heteroatoms. The summed E-state index contributed by atoms with van der Waals surface area (Å²) in [5.41, 5.74) is -2.72. The van der Waals surface area contributed by atoms with Crippen LogP contribution in [0.4, 0.5) is 4.39 Å². The van der Waals surface area contributed by atoms with Crippen molar-refractivity contribution >= 4 is 0 Å². The molecule has 0 bridgehead atoms. The fourth-order valence-corrected chi connectivity index (χ4v) is 2.98. The Morgan fingerprint density at radius 3 is 1.96 bits per heavy atom. The minimum absolute atomic E-state index is 0.799. The van der Waals surface area contributed by atoms with Crippen LogP contribution in [0.1, 0.15) is 0 Å². The van der Waals surface area contributed by atoms with E-state index in [0.29, 0.717) is 0 Å². The predicted molar refractivity (Wildman–Crippen MR) is 67.6 cm³/mol. The van der Waals surface area contributed by atoms with E-state index in [0.717, 1.165) is 0 Å². The SMILES string of the molecule is OC[C@H]1O[C@@H]([C@]2(O)[C@H](O)[C@@H](O)[C@@H](F)O[C@@H]2CO)[C@H](O)[C@@H](O)[C@@H]1O. The van der Waals surface area contributed by atoms with Crippen LogP contribution in [0, 0.1) is 0 Å². The molecule has 2 heterocycles. The smallest absolute Gasteiger partial charge is 0.228 e. The van der Waals surface area contributed by atoms with Gasteiger partial charge in [-0.05, 0) is 0 Å². The largest absolute Gasteiger partial charge is 0.394 e. The highest BCUT2D eigenvalue weighted by Gasteiger charge is 2.64. The Balaban J connectivity index is 2.38. The maximum Gasteiger partial charge on any atom is 0.228 e. The Morgan fingerprint density at radius 2 is 1.43 bits per heavy atom. The van der Waals surface area contributed by atoms with Crippen molar-refractivity contribution in [1.82, 2.24) is 0 Å². The molecule has 136 valence electrons. The maximum atomic E-state index is 13.5. The van der Waals surface area contributed by atoms with Crippen LogP contribution < -0.4 is 0 Å². The molecule has 2 saturated heterocycles. The molecule has 0 spiro atoms. The molecule has 0 radical (unpaired) electrons. The van der Waals surface area contributed by atoms with Gasteiger partial charge < -0.3 is 50.3 Å². The van der Waals surface area contributed by atoms with Gasteiger partial charge in [-0.15, -0.1) is 0 Å². The molecule has 0 amide bonds. The van der Waals surface area contributed by atoms with E-state index in [2.05, 4.69) is 4.74 Å². The van der Waals surface area contributed by atoms with E-state index in [9.17, 15) is 40.1 Å². The standard InChI is InChI=1S/C12H21FO10/c13-11-8(19)9(20)12(21,4(2-15)23-11)10-7(18)6(17)5(16)3(1-14)22-10/h3-11,14-21H,1-2H2/t3-,4-,5-,6+,7-,8-,9-,10-,11+,12-/m1/s1. The van der Waals surface area contributed by atoms with Gasteiger partial charge >= 0.3 is 0 Å². The summed E-state index contributed by atoms with van der Waals surface area (Å²) < 4.78 is 23.2. The van der Waals surface area contributed by atoms with E-state index < -0.39 is 74.0 Å². The maximum absolute atomic E-state index is 13.5. The molecule has 2 aliphatic rings. The lowest BCUT2D eigenvalue weighted by atomic mass is 9.75. The molecule has 10 nitrogen and oxygen atoms in total. The van der Waals surface area contributed by atoms with Gasteiger partial charge in [0.2, 0.25) is 6.36 Å². The average Bonchev–Trinajstić information content (AvgIpc) is 2.54. The van der Waals surface area contributed by atoms with Crippen LogP contribution in [0.2, 0.25) is 0 Å². The summed E-state index contributed by atoms with van der Waals surface area (Å²) in [5, 5.41) is 78.1. The summed E-state index contributed by atoms with van der Waals surface area (Å²) in [6.45, 7) is -1.80. The molecule has 2 aliphatic heterocycles. The number of rotatable bonds is 3. The third kappa shape index (κ3) is 2.87. The van der Waals surface area contributed by atoms with Crippen LogP contribution in [-0.4, -0.2) is 115 Å². The second-order valence-electron chi connectivity index (χ2n) is 5.73. The molecule has 0 saturated carbocycles. The summed E-state index contributed by atoms with van der Waals surface area (Å²) in [6.07, 6.45) is -17.6. The summed E-state index contributed by atoms with van der Waals surface area (Å²) in [7, 11) is 0. The molecule has 0 aromatic carbocycles. The molecule has 10 atom stereocenters. The van der Waals surface area contributed by atoms with Crippen molar-refractivity contribution < 1.29 is 54.7 Å². The quantitative estimate of drug-likeness (QED) is 0.247. The van der Waals surface area contributed by atoms with Crippen molar-refractivity contribution in [3.05, 3.63) is 0 Å². The normalized spacial score (nSPS) is 54.9. The van der Waals surface area contributed by atoms with Crippen molar-refractivity contribution in [2.24, 2.45) is 0 Å². The molecule has 23 heavy (non-hydrogen) atoms. The van der Waals surface area contributed by atoms with Crippen molar-refractivity contribution in [1.29, 1.82) is 0 Å². The lowest BCUT2D eigenvalue weighted by Crippen LogP contribution is -2.76. The molecular weight excluding hydrogens is 323 g/mol. The van der Waals surface area contributed by atoms with Crippen LogP contribution in [0.5, 0.6) is 0 Å². The van der Waals surface area contributed by atoms with E-state index in [4.69, 9.17) is 9.84 Å². The molecule has 0 unspecified atom stereocenters. The van der Waals surface area contributed by atoms with Crippen LogP contribution in [0.25, 0.3) is 0 Å². The van der Waals surface area contributed by atoms with E-state index in [1.807, 2.05) is 0 Å². The number of halogens is 1. The number of alkyl halides is 1. The van der Waals surface area contributed by atoms with Gasteiger partial charge in [0.15, 0.2) is 5.60 Å². The van der Waals surface area contributed by atoms with Crippen molar-refractivity contribution in [2.45, 2.75) is 60.8 Å². The van der Waals surface area contributed by atoms with E-state index in [1.54, 1.807) is 0 Å². The van der Waals surface area contributed by atoms with Crippen LogP contribution in [0.15, 0.2) is 0 Å². The van der Waals surface area contributed by atoms with Crippen LogP contribution in [0.3, 0.4) is 0 Å². The van der Waals surface area contributed by atoms with Gasteiger partial charge in [0.05, 0.1) is 13.2 Å². The number of ether oxygens (including phenoxy) is 2. The zero-order chi connectivity index (χ0) is 17.5. The first-order chi connectivity index (χ1) is 10.7. The third-order valence-electron chi connectivity index (χ3n) is 4.39. The highest BCUT2D eigenvalue weighted by atomic mass is 19.1. The molecule has 0 aromatic heterocycles. The fraction of sp³-hybridized carbons (Fsp3) is 1.00. The molecule has 8 N–H and O–H groups in total. The predicted octanol–water partition coefficient (Wildman–Crippen LogP) is -5.03. The first-order valence-electron chi connectivity index (χ1n) is 6.99. The van der Waals surface area contributed by atoms with Gasteiger partial charge in [-0.3, -0.25) is 0 Å². The Hall–Kier alpha value is -0.470. The van der Waals surface area contributed by atoms with Gasteiger partial charge in [-0.25, -0.2) is 4.39 Å². The number of aliphatic hydroxyl groups is 8. The Morgan fingerprint density at radius 1 is 0.826 bits per heavy atom. The van der Waals surface area contributed by atoms with E-state index >= 15 is 0 Å². The lowest BCUT2D eigenvalue weighted by molar-refractivity contribution is -0.357. The fourth-order valence-electron chi connectivity index (χ4n) is 2.98. The minimum Gasteiger partial charge on any atom is -0.394 e. The highest BCUT2D eigenvalue weighted by Crippen LogP contribution is 2.39. The minimum atomic E-state index is -2.72. The highest BCUT2D eigenvalue weighted by molar-refractivity contribution is 5.11. The first kappa shape index (κ1) is 18.9. The zero-order valence-corrected chi connectivity index (χ0v) is 11.9. The summed E-state index contributed by atoms with van der Waals surface area (Å²) in [4.78, 5) is 0. The van der Waals surface area contributed by atoms with Crippen molar-refractivity contribution in [2.75, 3.05) is 13.2 Å². The van der Waals surface area contributed by atoms with Gasteiger partial charge in [0.25, 0.3) is 0 Å². The number of hydrogen-bond donors (Lipinski definition) is 8. The van der Waals surface area contributed by atoms with E-state index in [1.165, 1.54) is 0 Å². The second-order valence-corrected chi connectivity index (χ2v) is 5.73. The first-order valence-corrected chi connectivity index (χ1v) is 6.99. The van der Waals surface area contributed by atoms with Crippen LogP contribution >= 0.6 is 0 Å². The van der Waals surface area contributed by atoms with Crippen molar-refractivity contribution in [3.63, 3.8) is 0 Å². The van der Waals surface area contributed by atoms with Crippen LogP contribution in [-0.2, 0) is 9.47 Å². The Kier molecular flexibility index (Phi) is 5.58. The van der Waals surface area contributed by atoms with Crippen molar-refractivity contribution in [3.8, 4) is 0 Å². The lowest BCUT2D eigenvalue weighted by Gasteiger charge is -2.53. The molecular formula is C12H21FO10. The molecule has 0 aliphatic carbocycles. The second kappa shape index (κ2) is 6.80. The topological polar surface area (TPSA) is 180 Å². The van der Waals surface area contributed by atoms with Gasteiger partial charge in [0.1, 0.15) is 48.8 Å². The summed E-state index contributed by atoms with van der Waals surface area (Å²) in [5.74, 6) is 0. The molecule has 2 rings (SSSR count). The third-order valence-corrected chi connectivity index (χ3v) is 4.39. The number of aliphatic hydroxyl groups excluding tert-OH is 7. The van der Waals surface area contributed by atoms with Gasteiger partial charge in [-0.1, -0.05) is 0 Å². The Bertz CT molecular complexity index is 407. The molecule has 2 fully saturated rings. The zero-order valence-electron chi connectivity index (χ0n) is 11.9. The average molecular weight is 344 g/mol. The Labute approximate surface area is 129 Å². The summed E-state index contributed by atoms with van der Waals surface area (Å²) in [6, 6.07) is 0. The summed E-state index contributed by atoms with van der Waals surface area (Å²) >= 11 is 0. The monoisotopic (exact) mass is 344 g/mol. The van der Waals surface area contributed by atoms with Gasteiger partial charge in [-0.2, -0.15) is 0 Å². The van der Waals surface area contributed by atoms with Gasteiger partial charge in [0, 0.05) is 0 Å².